The molecule has 4 aromatic rings. The van der Waals surface area contributed by atoms with Gasteiger partial charge in [-0.2, -0.15) is 0 Å². The smallest absolute Gasteiger partial charge is 0.411 e. The number of amides is 2. The van der Waals surface area contributed by atoms with Crippen LogP contribution in [0.15, 0.2) is 53.9 Å². The molecule has 0 aliphatic carbocycles. The molecule has 4 N–H and O–H groups in total. The molecule has 0 radical (unpaired) electrons. The van der Waals surface area contributed by atoms with Crippen molar-refractivity contribution in [3.05, 3.63) is 80.5 Å². The minimum Gasteiger partial charge on any atom is -0.465 e. The van der Waals surface area contributed by atoms with Crippen LogP contribution < -0.4 is 5.32 Å². The lowest BCUT2D eigenvalue weighted by molar-refractivity contribution is -0.0492. The standard InChI is InChI=1S/C22H17ClN4O4S/c23-15-8-10-32-18(15)7-9-27-19(28)13-3-1-2-4-14(13)22(27,31)12-5-6-16-17(11-12)25-20(24-16)26-21(29)30/h1-6,8,10-11,31H,7,9H2,(H,29,30)(H2,24,25,26). The van der Waals surface area contributed by atoms with E-state index >= 15 is 0 Å². The summed E-state index contributed by atoms with van der Waals surface area (Å²) in [4.78, 5) is 33.7. The average Bonchev–Trinajstić information content (AvgIpc) is 3.42. The topological polar surface area (TPSA) is 119 Å². The fourth-order valence-corrected chi connectivity index (χ4v) is 5.21. The molecule has 0 fully saturated rings. The van der Waals surface area contributed by atoms with Crippen molar-refractivity contribution in [3.8, 4) is 0 Å². The number of benzene rings is 2. The Labute approximate surface area is 191 Å². The monoisotopic (exact) mass is 468 g/mol. The van der Waals surface area contributed by atoms with E-state index in [-0.39, 0.29) is 18.4 Å². The highest BCUT2D eigenvalue weighted by Gasteiger charge is 2.49. The highest BCUT2D eigenvalue weighted by Crippen LogP contribution is 2.43. The summed E-state index contributed by atoms with van der Waals surface area (Å²) in [5.74, 6) is -0.199. The summed E-state index contributed by atoms with van der Waals surface area (Å²) in [7, 11) is 0. The van der Waals surface area contributed by atoms with Crippen LogP contribution in [0.1, 0.15) is 26.4 Å². The highest BCUT2D eigenvalue weighted by atomic mass is 35.5. The third-order valence-electron chi connectivity index (χ3n) is 5.53. The molecule has 8 nitrogen and oxygen atoms in total. The summed E-state index contributed by atoms with van der Waals surface area (Å²) < 4.78 is 0. The van der Waals surface area contributed by atoms with Crippen LogP contribution in [0.2, 0.25) is 5.02 Å². The third kappa shape index (κ3) is 3.22. The van der Waals surface area contributed by atoms with Gasteiger partial charge in [0.25, 0.3) is 5.91 Å². The van der Waals surface area contributed by atoms with Crippen LogP contribution in [0, 0.1) is 0 Å². The zero-order chi connectivity index (χ0) is 22.5. The number of nitrogens with one attached hydrogen (secondary N) is 2. The number of hydrogen-bond donors (Lipinski definition) is 4. The molecule has 0 bridgehead atoms. The number of thiophene rings is 1. The normalized spacial score (nSPS) is 17.7. The van der Waals surface area contributed by atoms with E-state index in [0.29, 0.717) is 39.2 Å². The SMILES string of the molecule is O=C(O)Nc1nc2cc(C3(O)c4ccccc4C(=O)N3CCc3sccc3Cl)ccc2[nH]1. The summed E-state index contributed by atoms with van der Waals surface area (Å²) in [5, 5.41) is 25.6. The number of nitrogens with zero attached hydrogens (tertiary/aromatic N) is 2. The summed E-state index contributed by atoms with van der Waals surface area (Å²) in [6, 6.07) is 13.8. The molecule has 0 spiro atoms. The van der Waals surface area contributed by atoms with Gasteiger partial charge in [0.1, 0.15) is 0 Å². The Balaban J connectivity index is 1.58. The molecule has 0 saturated heterocycles. The Bertz CT molecular complexity index is 1370. The molecule has 1 aliphatic rings. The first-order chi connectivity index (χ1) is 15.4. The van der Waals surface area contributed by atoms with Gasteiger partial charge >= 0.3 is 6.09 Å². The summed E-state index contributed by atoms with van der Waals surface area (Å²) in [6.45, 7) is 0.259. The van der Waals surface area contributed by atoms with Crippen LogP contribution in [-0.2, 0) is 12.1 Å². The fraction of sp³-hybridized carbons (Fsp3) is 0.136. The maximum atomic E-state index is 13.3. The van der Waals surface area contributed by atoms with Crippen molar-refractivity contribution in [2.75, 3.05) is 11.9 Å². The van der Waals surface area contributed by atoms with Gasteiger partial charge in [0, 0.05) is 34.5 Å². The Kier molecular flexibility index (Phi) is 4.89. The van der Waals surface area contributed by atoms with E-state index in [1.807, 2.05) is 11.4 Å². The van der Waals surface area contributed by atoms with Crippen molar-refractivity contribution in [2.45, 2.75) is 12.1 Å². The van der Waals surface area contributed by atoms with Crippen LogP contribution in [0.5, 0.6) is 0 Å². The van der Waals surface area contributed by atoms with Crippen molar-refractivity contribution in [1.82, 2.24) is 14.9 Å². The first-order valence-corrected chi connectivity index (χ1v) is 11.0. The molecule has 2 aromatic carbocycles. The van der Waals surface area contributed by atoms with Gasteiger partial charge in [-0.25, -0.2) is 9.78 Å². The van der Waals surface area contributed by atoms with E-state index in [0.717, 1.165) is 4.88 Å². The summed E-state index contributed by atoms with van der Waals surface area (Å²) >= 11 is 7.73. The van der Waals surface area contributed by atoms with Crippen LogP contribution >= 0.6 is 22.9 Å². The second kappa shape index (κ2) is 7.63. The number of imidazole rings is 1. The third-order valence-corrected chi connectivity index (χ3v) is 6.98. The molecule has 1 unspecified atom stereocenters. The molecule has 1 atom stereocenters. The van der Waals surface area contributed by atoms with E-state index in [1.54, 1.807) is 42.5 Å². The predicted molar refractivity (Wildman–Crippen MR) is 121 cm³/mol. The van der Waals surface area contributed by atoms with Crippen LogP contribution in [0.3, 0.4) is 0 Å². The van der Waals surface area contributed by atoms with Gasteiger partial charge in [-0.05, 0) is 29.6 Å². The summed E-state index contributed by atoms with van der Waals surface area (Å²) in [6.07, 6.45) is -0.743. The van der Waals surface area contributed by atoms with Crippen LogP contribution in [-0.4, -0.2) is 43.6 Å². The molecule has 1 aliphatic heterocycles. The number of aromatic amines is 1. The number of carboxylic acid groups (broad SMARTS) is 1. The molecular weight excluding hydrogens is 452 g/mol. The average molecular weight is 469 g/mol. The van der Waals surface area contributed by atoms with Gasteiger partial charge in [0.2, 0.25) is 5.95 Å². The van der Waals surface area contributed by atoms with Crippen molar-refractivity contribution < 1.29 is 19.8 Å². The molecule has 5 rings (SSSR count). The number of fused-ring (bicyclic) bond motifs is 2. The number of aliphatic hydroxyl groups is 1. The molecule has 162 valence electrons. The van der Waals surface area contributed by atoms with Gasteiger partial charge < -0.3 is 20.1 Å². The number of anilines is 1. The number of rotatable bonds is 5. The van der Waals surface area contributed by atoms with Gasteiger partial charge in [-0.3, -0.25) is 10.1 Å². The molecule has 2 amide bonds. The van der Waals surface area contributed by atoms with Gasteiger partial charge in [0.05, 0.1) is 16.1 Å². The maximum Gasteiger partial charge on any atom is 0.411 e. The minimum absolute atomic E-state index is 0.0729. The summed E-state index contributed by atoms with van der Waals surface area (Å²) in [5.41, 5.74) is 0.719. The zero-order valence-electron chi connectivity index (χ0n) is 16.5. The Morgan fingerprint density at radius 3 is 2.81 bits per heavy atom. The van der Waals surface area contributed by atoms with E-state index in [9.17, 15) is 14.7 Å². The number of carbonyl (C=O) groups is 2. The Morgan fingerprint density at radius 1 is 1.25 bits per heavy atom. The van der Waals surface area contributed by atoms with E-state index < -0.39 is 11.8 Å². The number of aromatic nitrogens is 2. The van der Waals surface area contributed by atoms with Crippen molar-refractivity contribution >= 4 is 51.9 Å². The molecule has 0 saturated carbocycles. The Morgan fingerprint density at radius 2 is 2.06 bits per heavy atom. The van der Waals surface area contributed by atoms with E-state index in [1.165, 1.54) is 16.2 Å². The van der Waals surface area contributed by atoms with E-state index in [2.05, 4.69) is 15.3 Å². The minimum atomic E-state index is -1.70. The number of halogens is 1. The van der Waals surface area contributed by atoms with E-state index in [4.69, 9.17) is 16.7 Å². The van der Waals surface area contributed by atoms with Crippen molar-refractivity contribution in [1.29, 1.82) is 0 Å². The number of H-pyrrole nitrogens is 1. The zero-order valence-corrected chi connectivity index (χ0v) is 18.1. The molecule has 32 heavy (non-hydrogen) atoms. The quantitative estimate of drug-likeness (QED) is 0.349. The maximum absolute atomic E-state index is 13.3. The largest absolute Gasteiger partial charge is 0.465 e. The molecule has 2 aromatic heterocycles. The van der Waals surface area contributed by atoms with Crippen LogP contribution in [0.25, 0.3) is 11.0 Å². The van der Waals surface area contributed by atoms with Gasteiger partial charge in [0.15, 0.2) is 5.72 Å². The molecule has 3 heterocycles. The second-order valence-electron chi connectivity index (χ2n) is 7.36. The fourth-order valence-electron chi connectivity index (χ4n) is 4.09. The second-order valence-corrected chi connectivity index (χ2v) is 8.77. The number of carbonyl (C=O) groups excluding carboxylic acids is 1. The van der Waals surface area contributed by atoms with Gasteiger partial charge in [-0.1, -0.05) is 35.9 Å². The lowest BCUT2D eigenvalue weighted by Crippen LogP contribution is -2.45. The van der Waals surface area contributed by atoms with Crippen molar-refractivity contribution in [3.63, 3.8) is 0 Å². The lowest BCUT2D eigenvalue weighted by Gasteiger charge is -2.35. The van der Waals surface area contributed by atoms with Gasteiger partial charge in [-0.15, -0.1) is 11.3 Å². The Hall–Kier alpha value is -3.40. The first-order valence-electron chi connectivity index (χ1n) is 9.74. The lowest BCUT2D eigenvalue weighted by atomic mass is 9.93. The first kappa shape index (κ1) is 20.5. The van der Waals surface area contributed by atoms with Crippen LogP contribution in [0.4, 0.5) is 10.7 Å². The predicted octanol–water partition coefficient (Wildman–Crippen LogP) is 4.26. The highest BCUT2D eigenvalue weighted by molar-refractivity contribution is 7.10. The number of hydrogen-bond acceptors (Lipinski definition) is 5. The molecular formula is C22H17ClN4O4S. The van der Waals surface area contributed by atoms with Crippen molar-refractivity contribution in [2.24, 2.45) is 0 Å². The molecule has 10 heteroatoms.